The van der Waals surface area contributed by atoms with Crippen LogP contribution in [0.4, 0.5) is 0 Å². The Morgan fingerprint density at radius 3 is 2.68 bits per heavy atom. The quantitative estimate of drug-likeness (QED) is 0.693. The van der Waals surface area contributed by atoms with Crippen molar-refractivity contribution >= 4 is 29.1 Å². The summed E-state index contributed by atoms with van der Waals surface area (Å²) in [5, 5.41) is 9.69. The van der Waals surface area contributed by atoms with Crippen molar-refractivity contribution in [2.75, 3.05) is 6.54 Å². The van der Waals surface area contributed by atoms with Gasteiger partial charge in [-0.05, 0) is 53.5 Å². The van der Waals surface area contributed by atoms with E-state index in [-0.39, 0.29) is 24.8 Å². The second kappa shape index (κ2) is 8.12. The number of rotatable bonds is 6. The summed E-state index contributed by atoms with van der Waals surface area (Å²) in [7, 11) is 0. The fourth-order valence-corrected chi connectivity index (χ4v) is 4.68. The molecule has 0 bridgehead atoms. The number of benzene rings is 1. The molecule has 0 fully saturated rings. The van der Waals surface area contributed by atoms with Gasteiger partial charge in [-0.15, -0.1) is 0 Å². The lowest BCUT2D eigenvalue weighted by Gasteiger charge is -2.41. The summed E-state index contributed by atoms with van der Waals surface area (Å²) in [4.78, 5) is 25.2. The minimum atomic E-state index is -0.899. The van der Waals surface area contributed by atoms with Crippen molar-refractivity contribution in [1.82, 2.24) is 4.90 Å². The Balaban J connectivity index is 1.97. The molecular formula is C23H28ClNO3. The predicted molar refractivity (Wildman–Crippen MR) is 112 cm³/mol. The lowest BCUT2D eigenvalue weighted by Crippen LogP contribution is -2.42. The zero-order chi connectivity index (χ0) is 20.5. The van der Waals surface area contributed by atoms with Crippen molar-refractivity contribution in [3.05, 3.63) is 52.2 Å². The fraction of sp³-hybridized carbons (Fsp3) is 0.478. The highest BCUT2D eigenvalue weighted by molar-refractivity contribution is 6.32. The van der Waals surface area contributed by atoms with E-state index >= 15 is 0 Å². The van der Waals surface area contributed by atoms with Gasteiger partial charge in [0.15, 0.2) is 0 Å². The van der Waals surface area contributed by atoms with E-state index in [0.717, 1.165) is 34.6 Å². The first kappa shape index (κ1) is 20.7. The number of halogens is 1. The van der Waals surface area contributed by atoms with E-state index in [2.05, 4.69) is 39.0 Å². The summed E-state index contributed by atoms with van der Waals surface area (Å²) in [6.07, 6.45) is 7.71. The Hall–Kier alpha value is -2.07. The van der Waals surface area contributed by atoms with Crippen molar-refractivity contribution in [2.24, 2.45) is 5.92 Å². The Labute approximate surface area is 171 Å². The molecule has 2 aliphatic rings. The van der Waals surface area contributed by atoms with Crippen molar-refractivity contribution in [3.8, 4) is 0 Å². The highest BCUT2D eigenvalue weighted by Crippen LogP contribution is 2.44. The Morgan fingerprint density at radius 2 is 2.11 bits per heavy atom. The third kappa shape index (κ3) is 4.02. The van der Waals surface area contributed by atoms with Gasteiger partial charge in [0.1, 0.15) is 0 Å². The number of carboxylic acid groups (broad SMARTS) is 1. The third-order valence-corrected chi connectivity index (χ3v) is 6.25. The molecule has 1 N–H and O–H groups in total. The van der Waals surface area contributed by atoms with Gasteiger partial charge < -0.3 is 10.0 Å². The molecule has 4 nitrogen and oxygen atoms in total. The summed E-state index contributed by atoms with van der Waals surface area (Å²) < 4.78 is 0. The zero-order valence-electron chi connectivity index (χ0n) is 16.8. The molecule has 1 aliphatic heterocycles. The van der Waals surface area contributed by atoms with Gasteiger partial charge in [-0.3, -0.25) is 9.59 Å². The van der Waals surface area contributed by atoms with Crippen LogP contribution in [0.5, 0.6) is 0 Å². The largest absolute Gasteiger partial charge is 0.481 e. The normalized spacial score (nSPS) is 22.5. The number of nitrogens with zero attached hydrogens (tertiary/aromatic N) is 1. The minimum absolute atomic E-state index is 0.0492. The van der Waals surface area contributed by atoms with Crippen molar-refractivity contribution < 1.29 is 14.7 Å². The molecule has 28 heavy (non-hydrogen) atoms. The molecule has 0 aromatic heterocycles. The maximum Gasteiger partial charge on any atom is 0.305 e. The smallest absolute Gasteiger partial charge is 0.305 e. The van der Waals surface area contributed by atoms with E-state index in [9.17, 15) is 9.59 Å². The van der Waals surface area contributed by atoms with Crippen LogP contribution in [0.15, 0.2) is 36.0 Å². The average Bonchev–Trinajstić information content (AvgIpc) is 3.14. The summed E-state index contributed by atoms with van der Waals surface area (Å²) >= 11 is 6.65. The van der Waals surface area contributed by atoms with Crippen LogP contribution in [0.2, 0.25) is 5.02 Å². The number of carboxylic acids is 1. The van der Waals surface area contributed by atoms with Crippen LogP contribution >= 0.6 is 11.6 Å². The van der Waals surface area contributed by atoms with Crippen LogP contribution < -0.4 is 0 Å². The number of hydrogen-bond donors (Lipinski definition) is 1. The van der Waals surface area contributed by atoms with Crippen LogP contribution in [0.25, 0.3) is 5.57 Å². The van der Waals surface area contributed by atoms with Crippen molar-refractivity contribution in [1.29, 1.82) is 0 Å². The molecule has 5 heteroatoms. The number of carbonyl (C=O) groups excluding carboxylic acids is 1. The highest BCUT2D eigenvalue weighted by Gasteiger charge is 2.40. The minimum Gasteiger partial charge on any atom is -0.481 e. The monoisotopic (exact) mass is 401 g/mol. The highest BCUT2D eigenvalue weighted by atomic mass is 35.5. The van der Waals surface area contributed by atoms with E-state index < -0.39 is 11.4 Å². The fourth-order valence-electron chi connectivity index (χ4n) is 4.38. The molecule has 0 radical (unpaired) electrons. The number of allylic oxidation sites excluding steroid dienone is 3. The SMILES string of the molecule is CC(C)C1=CN(CCC(=O)O)C(=O)C[C@@]1(C)c1ccc(C2=CCCC2)c(Cl)c1. The van der Waals surface area contributed by atoms with E-state index in [4.69, 9.17) is 16.7 Å². The Bertz CT molecular complexity index is 855. The van der Waals surface area contributed by atoms with Gasteiger partial charge in [0, 0.05) is 29.6 Å². The number of carbonyl (C=O) groups is 2. The van der Waals surface area contributed by atoms with Gasteiger partial charge in [0.2, 0.25) is 5.91 Å². The lowest BCUT2D eigenvalue weighted by molar-refractivity contribution is -0.138. The molecule has 0 spiro atoms. The Kier molecular flexibility index (Phi) is 5.99. The summed E-state index contributed by atoms with van der Waals surface area (Å²) in [5.41, 5.74) is 4.11. The van der Waals surface area contributed by atoms with Crippen molar-refractivity contribution in [3.63, 3.8) is 0 Å². The lowest BCUT2D eigenvalue weighted by atomic mass is 9.68. The summed E-state index contributed by atoms with van der Waals surface area (Å²) in [6.45, 7) is 6.50. The van der Waals surface area contributed by atoms with Gasteiger partial charge in [-0.1, -0.05) is 50.6 Å². The molecule has 0 unspecified atom stereocenters. The second-order valence-electron chi connectivity index (χ2n) is 8.30. The van der Waals surface area contributed by atoms with Gasteiger partial charge in [-0.25, -0.2) is 0 Å². The molecule has 0 saturated carbocycles. The first-order valence-corrected chi connectivity index (χ1v) is 10.3. The molecule has 0 saturated heterocycles. The van der Waals surface area contributed by atoms with E-state index in [1.807, 2.05) is 12.3 Å². The average molecular weight is 402 g/mol. The number of aliphatic carboxylic acids is 1. The van der Waals surface area contributed by atoms with Crippen LogP contribution in [-0.2, 0) is 15.0 Å². The molecule has 1 amide bonds. The first-order valence-electron chi connectivity index (χ1n) is 9.95. The predicted octanol–water partition coefficient (Wildman–Crippen LogP) is 5.41. The molecule has 3 rings (SSSR count). The topological polar surface area (TPSA) is 57.6 Å². The van der Waals surface area contributed by atoms with E-state index in [1.165, 1.54) is 12.0 Å². The molecule has 1 aliphatic carbocycles. The first-order chi connectivity index (χ1) is 13.2. The van der Waals surface area contributed by atoms with Crippen LogP contribution in [0.3, 0.4) is 0 Å². The van der Waals surface area contributed by atoms with Gasteiger partial charge in [0.25, 0.3) is 0 Å². The van der Waals surface area contributed by atoms with Crippen LogP contribution in [0, 0.1) is 5.92 Å². The van der Waals surface area contributed by atoms with Crippen molar-refractivity contribution in [2.45, 2.75) is 58.3 Å². The Morgan fingerprint density at radius 1 is 1.36 bits per heavy atom. The van der Waals surface area contributed by atoms with Gasteiger partial charge >= 0.3 is 5.97 Å². The van der Waals surface area contributed by atoms with Crippen LogP contribution in [0.1, 0.15) is 64.0 Å². The summed E-state index contributed by atoms with van der Waals surface area (Å²) in [6, 6.07) is 6.18. The standard InChI is InChI=1S/C23H28ClNO3/c1-15(2)19-14-25(11-10-22(27)28)21(26)13-23(19,3)17-8-9-18(20(24)12-17)16-6-4-5-7-16/h6,8-9,12,14-15H,4-5,7,10-11,13H2,1-3H3,(H,27,28)/t23-/m0/s1. The second-order valence-corrected chi connectivity index (χ2v) is 8.70. The molecule has 1 atom stereocenters. The summed E-state index contributed by atoms with van der Waals surface area (Å²) in [5.74, 6) is -0.725. The maximum absolute atomic E-state index is 12.8. The zero-order valence-corrected chi connectivity index (χ0v) is 17.6. The molecular weight excluding hydrogens is 374 g/mol. The number of amides is 1. The number of hydrogen-bond acceptors (Lipinski definition) is 2. The van der Waals surface area contributed by atoms with Gasteiger partial charge in [-0.2, -0.15) is 0 Å². The third-order valence-electron chi connectivity index (χ3n) is 5.94. The maximum atomic E-state index is 12.8. The van der Waals surface area contributed by atoms with Gasteiger partial charge in [0.05, 0.1) is 6.42 Å². The molecule has 1 heterocycles. The molecule has 1 aromatic carbocycles. The van der Waals surface area contributed by atoms with Crippen LogP contribution in [-0.4, -0.2) is 28.4 Å². The molecule has 150 valence electrons. The van der Waals surface area contributed by atoms with E-state index in [0.29, 0.717) is 6.42 Å². The van der Waals surface area contributed by atoms with E-state index in [1.54, 1.807) is 4.90 Å². The molecule has 1 aromatic rings.